The highest BCUT2D eigenvalue weighted by Gasteiger charge is 2.39. The van der Waals surface area contributed by atoms with Crippen LogP contribution in [0.4, 0.5) is 0 Å². The van der Waals surface area contributed by atoms with Crippen molar-refractivity contribution < 1.29 is 4.79 Å². The Hall–Kier alpha value is -1.35. The Morgan fingerprint density at radius 2 is 2.05 bits per heavy atom. The molecule has 1 aromatic rings. The molecule has 3 atom stereocenters. The predicted octanol–water partition coefficient (Wildman–Crippen LogP) is 2.36. The first-order valence-electron chi connectivity index (χ1n) is 7.79. The van der Waals surface area contributed by atoms with Gasteiger partial charge in [-0.15, -0.1) is 0 Å². The summed E-state index contributed by atoms with van der Waals surface area (Å²) in [5.74, 6) is 0.244. The lowest BCUT2D eigenvalue weighted by molar-refractivity contribution is -0.122. The van der Waals surface area contributed by atoms with Crippen molar-refractivity contribution in [3.8, 4) is 0 Å². The monoisotopic (exact) mass is 272 g/mol. The van der Waals surface area contributed by atoms with Crippen LogP contribution in [0, 0.1) is 0 Å². The van der Waals surface area contributed by atoms with Gasteiger partial charge in [0.05, 0.1) is 0 Å². The van der Waals surface area contributed by atoms with Crippen molar-refractivity contribution in [1.29, 1.82) is 0 Å². The molecule has 3 heteroatoms. The fourth-order valence-corrected chi connectivity index (χ4v) is 3.76. The minimum absolute atomic E-state index is 0.244. The van der Waals surface area contributed by atoms with Crippen LogP contribution in [0.5, 0.6) is 0 Å². The lowest BCUT2D eigenvalue weighted by Crippen LogP contribution is -2.45. The average Bonchev–Trinajstić information content (AvgIpc) is 2.70. The van der Waals surface area contributed by atoms with Crippen molar-refractivity contribution in [2.75, 3.05) is 7.05 Å². The van der Waals surface area contributed by atoms with Crippen molar-refractivity contribution in [3.05, 3.63) is 35.9 Å². The standard InChI is InChI=1S/C17H24N2O/c1-19-14(11-13-7-3-2-4-8-13)12-15-16(19)9-5-6-10-17(20)18-15/h2-4,7-8,14-16H,5-6,9-12H2,1H3,(H,18,20)/t14-,15-,16+/m1/s1. The van der Waals surface area contributed by atoms with E-state index in [1.165, 1.54) is 18.4 Å². The van der Waals surface area contributed by atoms with E-state index in [1.807, 2.05) is 0 Å². The van der Waals surface area contributed by atoms with Gasteiger partial charge in [0.1, 0.15) is 0 Å². The SMILES string of the molecule is CN1[C@H](Cc2ccccc2)C[C@H]2NC(=O)CCCC[C@@H]21. The highest BCUT2D eigenvalue weighted by molar-refractivity contribution is 5.76. The second kappa shape index (κ2) is 5.96. The zero-order chi connectivity index (χ0) is 13.9. The van der Waals surface area contributed by atoms with Gasteiger partial charge in [-0.25, -0.2) is 0 Å². The van der Waals surface area contributed by atoms with Gasteiger partial charge in [-0.1, -0.05) is 36.8 Å². The van der Waals surface area contributed by atoms with Gasteiger partial charge in [-0.2, -0.15) is 0 Å². The molecular formula is C17H24N2O. The number of hydrogen-bond donors (Lipinski definition) is 1. The summed E-state index contributed by atoms with van der Waals surface area (Å²) in [4.78, 5) is 14.3. The summed E-state index contributed by atoms with van der Waals surface area (Å²) < 4.78 is 0. The zero-order valence-electron chi connectivity index (χ0n) is 12.2. The molecule has 1 aromatic carbocycles. The summed E-state index contributed by atoms with van der Waals surface area (Å²) in [6, 6.07) is 12.1. The summed E-state index contributed by atoms with van der Waals surface area (Å²) >= 11 is 0. The van der Waals surface area contributed by atoms with Crippen LogP contribution in [-0.2, 0) is 11.2 Å². The van der Waals surface area contributed by atoms with E-state index in [2.05, 4.69) is 47.6 Å². The largest absolute Gasteiger partial charge is 0.352 e. The molecular weight excluding hydrogens is 248 g/mol. The van der Waals surface area contributed by atoms with E-state index in [-0.39, 0.29) is 5.91 Å². The third-order valence-corrected chi connectivity index (χ3v) is 4.90. The molecule has 0 radical (unpaired) electrons. The normalized spacial score (nSPS) is 31.2. The summed E-state index contributed by atoms with van der Waals surface area (Å²) in [6.45, 7) is 0. The molecule has 3 nitrogen and oxygen atoms in total. The third kappa shape index (κ3) is 2.88. The van der Waals surface area contributed by atoms with Gasteiger partial charge in [-0.05, 0) is 38.3 Å². The van der Waals surface area contributed by atoms with E-state index in [4.69, 9.17) is 0 Å². The van der Waals surface area contributed by atoms with Crippen molar-refractivity contribution in [3.63, 3.8) is 0 Å². The first kappa shape index (κ1) is 13.6. The number of likely N-dealkylation sites (N-methyl/N-ethyl adjacent to an activating group) is 1. The molecule has 0 unspecified atom stereocenters. The second-order valence-corrected chi connectivity index (χ2v) is 6.23. The average molecular weight is 272 g/mol. The summed E-state index contributed by atoms with van der Waals surface area (Å²) in [6.07, 6.45) is 6.30. The van der Waals surface area contributed by atoms with Gasteiger partial charge in [0, 0.05) is 24.5 Å². The molecule has 2 aliphatic rings. The fraction of sp³-hybridized carbons (Fsp3) is 0.588. The Kier molecular flexibility index (Phi) is 4.06. The minimum Gasteiger partial charge on any atom is -0.352 e. The molecule has 3 rings (SSSR count). The number of carbonyl (C=O) groups is 1. The van der Waals surface area contributed by atoms with Crippen molar-refractivity contribution in [2.45, 2.75) is 56.7 Å². The molecule has 0 saturated carbocycles. The maximum absolute atomic E-state index is 11.8. The molecule has 0 bridgehead atoms. The highest BCUT2D eigenvalue weighted by Crippen LogP contribution is 2.30. The van der Waals surface area contributed by atoms with Gasteiger partial charge in [0.2, 0.25) is 5.91 Å². The number of nitrogens with zero attached hydrogens (tertiary/aromatic N) is 1. The Balaban J connectivity index is 1.70. The smallest absolute Gasteiger partial charge is 0.220 e. The van der Waals surface area contributed by atoms with Crippen molar-refractivity contribution in [1.82, 2.24) is 10.2 Å². The summed E-state index contributed by atoms with van der Waals surface area (Å²) in [7, 11) is 2.23. The molecule has 2 aliphatic heterocycles. The number of nitrogens with one attached hydrogen (secondary N) is 1. The third-order valence-electron chi connectivity index (χ3n) is 4.90. The molecule has 108 valence electrons. The number of fused-ring (bicyclic) bond motifs is 1. The lowest BCUT2D eigenvalue weighted by Gasteiger charge is -2.29. The van der Waals surface area contributed by atoms with Gasteiger partial charge in [0.25, 0.3) is 0 Å². The first-order valence-corrected chi connectivity index (χ1v) is 7.79. The van der Waals surface area contributed by atoms with Gasteiger partial charge in [-0.3, -0.25) is 9.69 Å². The topological polar surface area (TPSA) is 32.3 Å². The summed E-state index contributed by atoms with van der Waals surface area (Å²) in [5.41, 5.74) is 1.39. The Bertz CT molecular complexity index is 459. The molecule has 20 heavy (non-hydrogen) atoms. The number of carbonyl (C=O) groups excluding carboxylic acids is 1. The Morgan fingerprint density at radius 3 is 2.85 bits per heavy atom. The number of amides is 1. The van der Waals surface area contributed by atoms with E-state index in [9.17, 15) is 4.79 Å². The summed E-state index contributed by atoms with van der Waals surface area (Å²) in [5, 5.41) is 3.25. The first-order chi connectivity index (χ1) is 9.74. The van der Waals surface area contributed by atoms with E-state index in [0.717, 1.165) is 19.3 Å². The number of likely N-dealkylation sites (tertiary alicyclic amines) is 1. The zero-order valence-corrected chi connectivity index (χ0v) is 12.2. The van der Waals surface area contributed by atoms with Gasteiger partial charge in [0.15, 0.2) is 0 Å². The molecule has 0 spiro atoms. The van der Waals surface area contributed by atoms with Crippen LogP contribution in [0.25, 0.3) is 0 Å². The van der Waals surface area contributed by atoms with Gasteiger partial charge >= 0.3 is 0 Å². The fourth-order valence-electron chi connectivity index (χ4n) is 3.76. The molecule has 2 saturated heterocycles. The van der Waals surface area contributed by atoms with E-state index in [0.29, 0.717) is 24.5 Å². The Labute approximate surface area is 121 Å². The Morgan fingerprint density at radius 1 is 1.25 bits per heavy atom. The quantitative estimate of drug-likeness (QED) is 0.896. The minimum atomic E-state index is 0.244. The molecule has 0 aromatic heterocycles. The van der Waals surface area contributed by atoms with Crippen molar-refractivity contribution >= 4 is 5.91 Å². The van der Waals surface area contributed by atoms with Crippen molar-refractivity contribution in [2.24, 2.45) is 0 Å². The van der Waals surface area contributed by atoms with E-state index < -0.39 is 0 Å². The van der Waals surface area contributed by atoms with Crippen LogP contribution < -0.4 is 5.32 Å². The number of rotatable bonds is 2. The molecule has 2 heterocycles. The number of benzene rings is 1. The number of hydrogen-bond acceptors (Lipinski definition) is 2. The van der Waals surface area contributed by atoms with Crippen LogP contribution in [0.1, 0.15) is 37.7 Å². The van der Waals surface area contributed by atoms with E-state index in [1.54, 1.807) is 0 Å². The maximum atomic E-state index is 11.8. The molecule has 1 N–H and O–H groups in total. The highest BCUT2D eigenvalue weighted by atomic mass is 16.1. The lowest BCUT2D eigenvalue weighted by atomic mass is 9.97. The van der Waals surface area contributed by atoms with Crippen LogP contribution in [-0.4, -0.2) is 36.0 Å². The predicted molar refractivity (Wildman–Crippen MR) is 80.5 cm³/mol. The molecule has 0 aliphatic carbocycles. The van der Waals surface area contributed by atoms with Crippen LogP contribution in [0.15, 0.2) is 30.3 Å². The van der Waals surface area contributed by atoms with Gasteiger partial charge < -0.3 is 5.32 Å². The maximum Gasteiger partial charge on any atom is 0.220 e. The van der Waals surface area contributed by atoms with Crippen LogP contribution >= 0.6 is 0 Å². The van der Waals surface area contributed by atoms with Crippen LogP contribution in [0.3, 0.4) is 0 Å². The second-order valence-electron chi connectivity index (χ2n) is 6.23. The van der Waals surface area contributed by atoms with E-state index >= 15 is 0 Å². The molecule has 2 fully saturated rings. The molecule has 1 amide bonds. The van der Waals surface area contributed by atoms with Crippen LogP contribution in [0.2, 0.25) is 0 Å².